The fraction of sp³-hybridized carbons (Fsp3) is 0.259. The molecule has 396 valence electrons. The number of rotatable bonds is 7. The normalized spacial score (nSPS) is 15.2. The summed E-state index contributed by atoms with van der Waals surface area (Å²) in [7, 11) is 0. The van der Waals surface area contributed by atoms with Gasteiger partial charge in [-0.05, 0) is 276 Å². The van der Waals surface area contributed by atoms with Crippen LogP contribution in [0.4, 0.5) is 0 Å². The van der Waals surface area contributed by atoms with Gasteiger partial charge in [0.15, 0.2) is 0 Å². The Labute approximate surface area is 478 Å². The number of hydrogen-bond donors (Lipinski definition) is 0. The molecule has 0 saturated heterocycles. The van der Waals surface area contributed by atoms with Crippen molar-refractivity contribution in [2.75, 3.05) is 0 Å². The molecule has 4 aliphatic carbocycles. The molecule has 0 aromatic heterocycles. The zero-order valence-corrected chi connectivity index (χ0v) is 48.5. The quantitative estimate of drug-likeness (QED) is 0.140. The topological polar surface area (TPSA) is 0 Å². The van der Waals surface area contributed by atoms with Crippen molar-refractivity contribution < 1.29 is 0 Å². The summed E-state index contributed by atoms with van der Waals surface area (Å²) >= 11 is 0. The highest BCUT2D eigenvalue weighted by Crippen LogP contribution is 2.61. The maximum Gasteiger partial charge on any atom is -0.000696 e. The third kappa shape index (κ3) is 7.54. The van der Waals surface area contributed by atoms with Crippen LogP contribution in [0.3, 0.4) is 0 Å². The van der Waals surface area contributed by atoms with Gasteiger partial charge >= 0.3 is 0 Å². The van der Waals surface area contributed by atoms with Crippen LogP contribution >= 0.6 is 0 Å². The minimum absolute atomic E-state index is 0.376. The van der Waals surface area contributed by atoms with Crippen molar-refractivity contribution in [2.45, 2.75) is 136 Å². The second kappa shape index (κ2) is 18.6. The summed E-state index contributed by atoms with van der Waals surface area (Å²) in [6, 6.07) is 66.6. The van der Waals surface area contributed by atoms with Gasteiger partial charge in [-0.25, -0.2) is 0 Å². The Morgan fingerprint density at radius 2 is 0.864 bits per heavy atom. The zero-order chi connectivity index (χ0) is 54.5. The molecule has 0 heteroatoms. The van der Waals surface area contributed by atoms with Crippen molar-refractivity contribution in [3.63, 3.8) is 0 Å². The Morgan fingerprint density at radius 3 is 1.52 bits per heavy atom. The molecular weight excluding hydrogens is 973 g/mol. The zero-order valence-electron chi connectivity index (χ0n) is 48.5. The molecule has 0 spiro atoms. The van der Waals surface area contributed by atoms with E-state index < -0.39 is 0 Å². The molecule has 16 rings (SSSR count). The minimum atomic E-state index is 0.376. The predicted octanol–water partition coefficient (Wildman–Crippen LogP) is 24.2. The lowest BCUT2D eigenvalue weighted by molar-refractivity contribution is 0.443. The van der Waals surface area contributed by atoms with Gasteiger partial charge in [0.1, 0.15) is 0 Å². The molecule has 2 saturated carbocycles. The molecule has 0 heterocycles. The molecule has 0 nitrogen and oxygen atoms in total. The molecule has 0 unspecified atom stereocenters. The SMILES string of the molecule is Cc1cc(C)c(-c2cc3c4c(cc5ccccc5c4c2)-c2c-3c(-c3cccc(C(C)C)c3)c3c(ccc4c5cc6c(cc5ccc43)-c3cc(C4CCCCC4)cc4cc(C5CCCCC5)cc-6c34)c2-c2cccc(C(C)C)c2)c(C)c1. The Bertz CT molecular complexity index is 4650. The Hall–Kier alpha value is -7.80. The molecule has 0 amide bonds. The minimum Gasteiger partial charge on any atom is -0.0616 e. The van der Waals surface area contributed by atoms with Crippen molar-refractivity contribution in [2.24, 2.45) is 0 Å². The fourth-order valence-electron chi connectivity index (χ4n) is 16.6. The van der Waals surface area contributed by atoms with E-state index in [-0.39, 0.29) is 0 Å². The van der Waals surface area contributed by atoms with E-state index in [2.05, 4.69) is 212 Å². The van der Waals surface area contributed by atoms with Crippen LogP contribution in [0.5, 0.6) is 0 Å². The first-order chi connectivity index (χ1) is 39.5. The molecular formula is C81H72. The predicted molar refractivity (Wildman–Crippen MR) is 351 cm³/mol. The van der Waals surface area contributed by atoms with Gasteiger partial charge in [0.2, 0.25) is 0 Å². The molecule has 81 heavy (non-hydrogen) atoms. The highest BCUT2D eigenvalue weighted by molar-refractivity contribution is 6.35. The van der Waals surface area contributed by atoms with E-state index >= 15 is 0 Å². The standard InChI is InChI=1S/C81H72/c1-45(2)52-23-16-25-56(34-52)76-65-31-30-63-64(29-28-55-38-67-68(44-66(55)63)71-41-59(51-20-12-9-13-21-51)37-60-36-58(40-70(67)75(60)71)50-18-10-8-11-19-50)79(65)77(57-26-17-24-53(35-57)46(3)4)81-73-43-61(74-48(6)32-47(5)33-49(74)7)42-69-62-27-15-14-22-54(62)39-72(78(69)73)80(76)81/h14-17,22-46,50-51H,8-13,18-21H2,1-7H3. The van der Waals surface area contributed by atoms with E-state index in [9.17, 15) is 0 Å². The molecule has 0 aliphatic heterocycles. The summed E-state index contributed by atoms with van der Waals surface area (Å²) in [5.74, 6) is 2.05. The van der Waals surface area contributed by atoms with Crippen LogP contribution in [0.1, 0.15) is 155 Å². The fourth-order valence-corrected chi connectivity index (χ4v) is 16.6. The molecule has 0 N–H and O–H groups in total. The van der Waals surface area contributed by atoms with Crippen molar-refractivity contribution in [3.8, 4) is 77.9 Å². The number of aryl methyl sites for hydroxylation is 3. The molecule has 0 atom stereocenters. The third-order valence-corrected chi connectivity index (χ3v) is 20.4. The van der Waals surface area contributed by atoms with E-state index in [1.807, 2.05) is 0 Å². The average Bonchev–Trinajstić information content (AvgIpc) is 2.05. The maximum absolute atomic E-state index is 2.65. The summed E-state index contributed by atoms with van der Waals surface area (Å²) < 4.78 is 0. The van der Waals surface area contributed by atoms with Crippen LogP contribution in [0.15, 0.2) is 164 Å². The van der Waals surface area contributed by atoms with Crippen LogP contribution < -0.4 is 0 Å². The Balaban J connectivity index is 1.05. The van der Waals surface area contributed by atoms with Crippen molar-refractivity contribution in [1.29, 1.82) is 0 Å². The summed E-state index contributed by atoms with van der Waals surface area (Å²) in [4.78, 5) is 0. The highest BCUT2D eigenvalue weighted by atomic mass is 14.4. The smallest absolute Gasteiger partial charge is 0.000696 e. The highest BCUT2D eigenvalue weighted by Gasteiger charge is 2.34. The first-order valence-electron chi connectivity index (χ1n) is 31.0. The molecule has 0 bridgehead atoms. The van der Waals surface area contributed by atoms with Gasteiger partial charge in [-0.3, -0.25) is 0 Å². The summed E-state index contributed by atoms with van der Waals surface area (Å²) in [5.41, 5.74) is 28.9. The monoisotopic (exact) mass is 1040 g/mol. The Kier molecular flexibility index (Phi) is 11.3. The number of benzene rings is 12. The van der Waals surface area contributed by atoms with Crippen LogP contribution in [0, 0.1) is 20.8 Å². The average molecular weight is 1050 g/mol. The van der Waals surface area contributed by atoms with E-state index in [4.69, 9.17) is 0 Å². The van der Waals surface area contributed by atoms with Gasteiger partial charge in [0.25, 0.3) is 0 Å². The molecule has 12 aromatic carbocycles. The molecule has 0 radical (unpaired) electrons. The van der Waals surface area contributed by atoms with Crippen LogP contribution in [-0.4, -0.2) is 0 Å². The molecule has 12 aromatic rings. The second-order valence-corrected chi connectivity index (χ2v) is 26.1. The lowest BCUT2D eigenvalue weighted by Crippen LogP contribution is -2.06. The van der Waals surface area contributed by atoms with Gasteiger partial charge in [-0.2, -0.15) is 0 Å². The maximum atomic E-state index is 2.65. The lowest BCUT2D eigenvalue weighted by Gasteiger charge is -2.24. The first-order valence-corrected chi connectivity index (χ1v) is 31.0. The molecule has 4 aliphatic rings. The van der Waals surface area contributed by atoms with Crippen LogP contribution in [-0.2, 0) is 0 Å². The van der Waals surface area contributed by atoms with E-state index in [1.54, 1.807) is 11.1 Å². The third-order valence-electron chi connectivity index (χ3n) is 20.4. The van der Waals surface area contributed by atoms with Crippen molar-refractivity contribution in [3.05, 3.63) is 203 Å². The van der Waals surface area contributed by atoms with Crippen molar-refractivity contribution >= 4 is 64.6 Å². The van der Waals surface area contributed by atoms with E-state index in [1.165, 1.54) is 235 Å². The van der Waals surface area contributed by atoms with Gasteiger partial charge < -0.3 is 0 Å². The first kappa shape index (κ1) is 49.1. The van der Waals surface area contributed by atoms with Crippen LogP contribution in [0.2, 0.25) is 0 Å². The number of fused-ring (bicyclic) bond motifs is 13. The van der Waals surface area contributed by atoms with Crippen molar-refractivity contribution in [1.82, 2.24) is 0 Å². The molecule has 2 fully saturated rings. The van der Waals surface area contributed by atoms with Crippen LogP contribution in [0.25, 0.3) is 143 Å². The summed E-state index contributed by atoms with van der Waals surface area (Å²) in [6.45, 7) is 16.2. The van der Waals surface area contributed by atoms with Gasteiger partial charge in [0, 0.05) is 0 Å². The van der Waals surface area contributed by atoms with Gasteiger partial charge in [0.05, 0.1) is 0 Å². The largest absolute Gasteiger partial charge is 0.0616 e. The Morgan fingerprint density at radius 1 is 0.309 bits per heavy atom. The lowest BCUT2D eigenvalue weighted by atomic mass is 9.79. The second-order valence-electron chi connectivity index (χ2n) is 26.1. The summed E-state index contributed by atoms with van der Waals surface area (Å²) in [6.07, 6.45) is 13.4. The van der Waals surface area contributed by atoms with E-state index in [0.717, 1.165) is 0 Å². The number of hydrogen-bond acceptors (Lipinski definition) is 0. The summed E-state index contributed by atoms with van der Waals surface area (Å²) in [5, 5.41) is 16.2. The van der Waals surface area contributed by atoms with Gasteiger partial charge in [-0.15, -0.1) is 0 Å². The van der Waals surface area contributed by atoms with E-state index in [0.29, 0.717) is 23.7 Å². The van der Waals surface area contributed by atoms with Gasteiger partial charge in [-0.1, -0.05) is 205 Å².